The van der Waals surface area contributed by atoms with E-state index < -0.39 is 0 Å². The molecule has 0 heterocycles. The third-order valence-corrected chi connectivity index (χ3v) is 3.84. The summed E-state index contributed by atoms with van der Waals surface area (Å²) in [6.45, 7) is 2.58. The Hall–Kier alpha value is -1.55. The van der Waals surface area contributed by atoms with Crippen LogP contribution in [0.25, 0.3) is 0 Å². The molecule has 1 amide bonds. The number of carbonyl (C=O) groups excluding carboxylic acids is 1. The highest BCUT2D eigenvalue weighted by Gasteiger charge is 2.20. The smallest absolute Gasteiger partial charge is 0.251 e. The van der Waals surface area contributed by atoms with Crippen molar-refractivity contribution in [2.24, 2.45) is 0 Å². The van der Waals surface area contributed by atoms with Gasteiger partial charge in [-0.2, -0.15) is 0 Å². The molecule has 0 atom stereocenters. The topological polar surface area (TPSA) is 50.4 Å². The minimum Gasteiger partial charge on any atom is -0.382 e. The standard InChI is InChI=1S/C16H24N2O2/c1-3-17-16(19)12-5-4-6-14(11-12)18-13-7-9-15(20-2)10-8-13/h4-6,11,13,15,18H,3,7-10H2,1-2H3,(H,17,19). The van der Waals surface area contributed by atoms with E-state index in [-0.39, 0.29) is 5.91 Å². The van der Waals surface area contributed by atoms with Crippen LogP contribution in [0.5, 0.6) is 0 Å². The van der Waals surface area contributed by atoms with Crippen molar-refractivity contribution in [2.45, 2.75) is 44.8 Å². The van der Waals surface area contributed by atoms with Gasteiger partial charge < -0.3 is 15.4 Å². The van der Waals surface area contributed by atoms with Gasteiger partial charge in [-0.15, -0.1) is 0 Å². The number of benzene rings is 1. The van der Waals surface area contributed by atoms with Crippen LogP contribution in [0.4, 0.5) is 5.69 Å². The van der Waals surface area contributed by atoms with Crippen LogP contribution < -0.4 is 10.6 Å². The number of nitrogens with one attached hydrogen (secondary N) is 2. The van der Waals surface area contributed by atoms with Gasteiger partial charge >= 0.3 is 0 Å². The summed E-state index contributed by atoms with van der Waals surface area (Å²) < 4.78 is 5.39. The van der Waals surface area contributed by atoms with E-state index in [0.717, 1.165) is 31.4 Å². The first-order chi connectivity index (χ1) is 9.72. The average molecular weight is 276 g/mol. The van der Waals surface area contributed by atoms with E-state index in [4.69, 9.17) is 4.74 Å². The van der Waals surface area contributed by atoms with E-state index in [1.807, 2.05) is 31.2 Å². The molecule has 0 saturated heterocycles. The highest BCUT2D eigenvalue weighted by molar-refractivity contribution is 5.95. The van der Waals surface area contributed by atoms with Gasteiger partial charge in [-0.3, -0.25) is 4.79 Å². The van der Waals surface area contributed by atoms with Crippen LogP contribution in [0, 0.1) is 0 Å². The summed E-state index contributed by atoms with van der Waals surface area (Å²) in [5, 5.41) is 6.35. The summed E-state index contributed by atoms with van der Waals surface area (Å²) in [6, 6.07) is 8.19. The van der Waals surface area contributed by atoms with Crippen LogP contribution in [-0.4, -0.2) is 31.7 Å². The lowest BCUT2D eigenvalue weighted by molar-refractivity contribution is 0.0682. The number of anilines is 1. The van der Waals surface area contributed by atoms with Crippen molar-refractivity contribution in [2.75, 3.05) is 19.0 Å². The Balaban J connectivity index is 1.93. The second kappa shape index (κ2) is 7.29. The highest BCUT2D eigenvalue weighted by atomic mass is 16.5. The van der Waals surface area contributed by atoms with Gasteiger partial charge in [-0.25, -0.2) is 0 Å². The Bertz CT molecular complexity index is 440. The van der Waals surface area contributed by atoms with Crippen LogP contribution in [0.15, 0.2) is 24.3 Å². The van der Waals surface area contributed by atoms with Gasteiger partial charge in [0.05, 0.1) is 6.10 Å². The van der Waals surface area contributed by atoms with Crippen LogP contribution in [0.1, 0.15) is 43.0 Å². The molecule has 0 aliphatic heterocycles. The molecule has 0 bridgehead atoms. The fraction of sp³-hybridized carbons (Fsp3) is 0.562. The second-order valence-corrected chi connectivity index (χ2v) is 5.29. The molecule has 1 aliphatic carbocycles. The summed E-state index contributed by atoms with van der Waals surface area (Å²) in [7, 11) is 1.79. The summed E-state index contributed by atoms with van der Waals surface area (Å²) >= 11 is 0. The van der Waals surface area contributed by atoms with Gasteiger partial charge in [-0.1, -0.05) is 6.07 Å². The molecular weight excluding hydrogens is 252 g/mol. The number of hydrogen-bond donors (Lipinski definition) is 2. The lowest BCUT2D eigenvalue weighted by Crippen LogP contribution is -2.29. The predicted molar refractivity (Wildman–Crippen MR) is 81.1 cm³/mol. The molecule has 0 unspecified atom stereocenters. The highest BCUT2D eigenvalue weighted by Crippen LogP contribution is 2.24. The zero-order valence-corrected chi connectivity index (χ0v) is 12.3. The minimum atomic E-state index is -0.0146. The zero-order valence-electron chi connectivity index (χ0n) is 12.3. The Morgan fingerprint density at radius 1 is 1.30 bits per heavy atom. The number of amides is 1. The first-order valence-electron chi connectivity index (χ1n) is 7.40. The molecule has 4 heteroatoms. The molecule has 0 spiro atoms. The maximum Gasteiger partial charge on any atom is 0.251 e. The van der Waals surface area contributed by atoms with Crippen LogP contribution in [-0.2, 0) is 4.74 Å². The third-order valence-electron chi connectivity index (χ3n) is 3.84. The second-order valence-electron chi connectivity index (χ2n) is 5.29. The fourth-order valence-electron chi connectivity index (χ4n) is 2.69. The monoisotopic (exact) mass is 276 g/mol. The van der Waals surface area contributed by atoms with Gasteiger partial charge in [0.15, 0.2) is 0 Å². The maximum absolute atomic E-state index is 11.8. The van der Waals surface area contributed by atoms with Crippen molar-refractivity contribution >= 4 is 11.6 Å². The Labute approximate surface area is 120 Å². The van der Waals surface area contributed by atoms with Crippen molar-refractivity contribution in [3.05, 3.63) is 29.8 Å². The molecule has 1 saturated carbocycles. The molecule has 1 aromatic carbocycles. The minimum absolute atomic E-state index is 0.0146. The number of methoxy groups -OCH3 is 1. The van der Waals surface area contributed by atoms with Gasteiger partial charge in [0.1, 0.15) is 0 Å². The molecule has 2 N–H and O–H groups in total. The normalized spacial score (nSPS) is 22.3. The Morgan fingerprint density at radius 2 is 2.05 bits per heavy atom. The molecule has 0 radical (unpaired) electrons. The van der Waals surface area contributed by atoms with E-state index in [0.29, 0.717) is 24.3 Å². The number of hydrogen-bond acceptors (Lipinski definition) is 3. The van der Waals surface area contributed by atoms with Crippen LogP contribution in [0.3, 0.4) is 0 Å². The lowest BCUT2D eigenvalue weighted by atomic mass is 9.93. The lowest BCUT2D eigenvalue weighted by Gasteiger charge is -2.29. The van der Waals surface area contributed by atoms with E-state index in [2.05, 4.69) is 10.6 Å². The maximum atomic E-state index is 11.8. The Kier molecular flexibility index (Phi) is 5.41. The molecule has 0 aromatic heterocycles. The van der Waals surface area contributed by atoms with E-state index in [9.17, 15) is 4.79 Å². The van der Waals surface area contributed by atoms with Gasteiger partial charge in [0.25, 0.3) is 5.91 Å². The van der Waals surface area contributed by atoms with Crippen molar-refractivity contribution in [1.29, 1.82) is 0 Å². The van der Waals surface area contributed by atoms with Crippen LogP contribution >= 0.6 is 0 Å². The first-order valence-corrected chi connectivity index (χ1v) is 7.40. The largest absolute Gasteiger partial charge is 0.382 e. The zero-order chi connectivity index (χ0) is 14.4. The van der Waals surface area contributed by atoms with E-state index >= 15 is 0 Å². The Morgan fingerprint density at radius 3 is 2.70 bits per heavy atom. The number of rotatable bonds is 5. The average Bonchev–Trinajstić information content (AvgIpc) is 2.48. The van der Waals surface area contributed by atoms with Crippen molar-refractivity contribution in [3.63, 3.8) is 0 Å². The summed E-state index contributed by atoms with van der Waals surface area (Å²) in [5.41, 5.74) is 1.73. The SMILES string of the molecule is CCNC(=O)c1cccc(NC2CCC(OC)CC2)c1. The number of ether oxygens (including phenoxy) is 1. The quantitative estimate of drug-likeness (QED) is 0.869. The fourth-order valence-corrected chi connectivity index (χ4v) is 2.69. The molecule has 1 fully saturated rings. The first kappa shape index (κ1) is 14.9. The molecule has 4 nitrogen and oxygen atoms in total. The van der Waals surface area contributed by atoms with Gasteiger partial charge in [0, 0.05) is 30.9 Å². The summed E-state index contributed by atoms with van der Waals surface area (Å²) in [5.74, 6) is -0.0146. The van der Waals surface area contributed by atoms with Gasteiger partial charge in [-0.05, 0) is 50.8 Å². The summed E-state index contributed by atoms with van der Waals surface area (Å²) in [4.78, 5) is 11.8. The predicted octanol–water partition coefficient (Wildman–Crippen LogP) is 2.81. The molecule has 1 aromatic rings. The summed E-state index contributed by atoms with van der Waals surface area (Å²) in [6.07, 6.45) is 4.84. The van der Waals surface area contributed by atoms with E-state index in [1.165, 1.54) is 0 Å². The van der Waals surface area contributed by atoms with E-state index in [1.54, 1.807) is 7.11 Å². The molecule has 20 heavy (non-hydrogen) atoms. The van der Waals surface area contributed by atoms with Crippen molar-refractivity contribution in [3.8, 4) is 0 Å². The molecule has 110 valence electrons. The van der Waals surface area contributed by atoms with Gasteiger partial charge in [0.2, 0.25) is 0 Å². The van der Waals surface area contributed by atoms with Crippen molar-refractivity contribution in [1.82, 2.24) is 5.32 Å². The third kappa shape index (κ3) is 3.97. The molecular formula is C16H24N2O2. The number of carbonyl (C=O) groups is 1. The molecule has 1 aliphatic rings. The van der Waals surface area contributed by atoms with Crippen molar-refractivity contribution < 1.29 is 9.53 Å². The van der Waals surface area contributed by atoms with Crippen LogP contribution in [0.2, 0.25) is 0 Å². The molecule has 2 rings (SSSR count).